The van der Waals surface area contributed by atoms with Gasteiger partial charge >= 0.3 is 0 Å². The molecule has 0 amide bonds. The van der Waals surface area contributed by atoms with E-state index in [0.29, 0.717) is 6.54 Å². The summed E-state index contributed by atoms with van der Waals surface area (Å²) in [6.45, 7) is 4.74. The summed E-state index contributed by atoms with van der Waals surface area (Å²) < 4.78 is 1.91. The van der Waals surface area contributed by atoms with E-state index in [1.54, 1.807) is 0 Å². The van der Waals surface area contributed by atoms with Gasteiger partial charge in [0, 0.05) is 24.7 Å². The van der Waals surface area contributed by atoms with E-state index in [1.807, 2.05) is 11.7 Å². The lowest BCUT2D eigenvalue weighted by Crippen LogP contribution is -1.96. The van der Waals surface area contributed by atoms with Gasteiger partial charge in [-0.05, 0) is 31.0 Å². The van der Waals surface area contributed by atoms with Crippen molar-refractivity contribution >= 4 is 10.9 Å². The summed E-state index contributed by atoms with van der Waals surface area (Å²) in [5.41, 5.74) is 10.3. The van der Waals surface area contributed by atoms with E-state index >= 15 is 0 Å². The molecule has 2 rings (SSSR count). The molecule has 0 radical (unpaired) electrons. The predicted molar refractivity (Wildman–Crippen MR) is 58.1 cm³/mol. The first-order valence-electron chi connectivity index (χ1n) is 4.76. The largest absolute Gasteiger partial charge is 0.326 e. The van der Waals surface area contributed by atoms with Crippen molar-refractivity contribution in [2.24, 2.45) is 12.8 Å². The number of benzene rings is 1. The molecule has 74 valence electrons. The molecule has 14 heavy (non-hydrogen) atoms. The van der Waals surface area contributed by atoms with Gasteiger partial charge < -0.3 is 5.73 Å². The van der Waals surface area contributed by atoms with Crippen molar-refractivity contribution in [2.45, 2.75) is 20.4 Å². The maximum atomic E-state index is 5.64. The number of fused-ring (bicyclic) bond motifs is 1. The number of aromatic nitrogens is 2. The van der Waals surface area contributed by atoms with Crippen molar-refractivity contribution in [3.8, 4) is 0 Å². The van der Waals surface area contributed by atoms with E-state index < -0.39 is 0 Å². The van der Waals surface area contributed by atoms with Gasteiger partial charge in [-0.15, -0.1) is 0 Å². The van der Waals surface area contributed by atoms with Crippen LogP contribution in [0.1, 0.15) is 16.8 Å². The Morgan fingerprint density at radius 1 is 1.36 bits per heavy atom. The summed E-state index contributed by atoms with van der Waals surface area (Å²) in [6, 6.07) is 4.24. The average molecular weight is 189 g/mol. The van der Waals surface area contributed by atoms with Gasteiger partial charge in [0.25, 0.3) is 0 Å². The van der Waals surface area contributed by atoms with Gasteiger partial charge in [0.2, 0.25) is 0 Å². The summed E-state index contributed by atoms with van der Waals surface area (Å²) in [4.78, 5) is 0. The van der Waals surface area contributed by atoms with Gasteiger partial charge in [-0.2, -0.15) is 5.10 Å². The second-order valence-corrected chi connectivity index (χ2v) is 3.72. The molecule has 0 fully saturated rings. The van der Waals surface area contributed by atoms with Crippen molar-refractivity contribution in [3.63, 3.8) is 0 Å². The van der Waals surface area contributed by atoms with Crippen LogP contribution >= 0.6 is 0 Å². The van der Waals surface area contributed by atoms with Crippen LogP contribution in [-0.4, -0.2) is 9.78 Å². The zero-order chi connectivity index (χ0) is 10.3. The van der Waals surface area contributed by atoms with Crippen LogP contribution in [-0.2, 0) is 13.6 Å². The normalized spacial score (nSPS) is 11.1. The van der Waals surface area contributed by atoms with Crippen molar-refractivity contribution in [1.82, 2.24) is 9.78 Å². The fourth-order valence-electron chi connectivity index (χ4n) is 1.78. The third kappa shape index (κ3) is 1.21. The van der Waals surface area contributed by atoms with Crippen LogP contribution in [0.15, 0.2) is 12.1 Å². The smallest absolute Gasteiger partial charge is 0.0955 e. The van der Waals surface area contributed by atoms with Crippen LogP contribution in [0.3, 0.4) is 0 Å². The summed E-state index contributed by atoms with van der Waals surface area (Å²) in [5, 5.41) is 5.68. The number of rotatable bonds is 1. The highest BCUT2D eigenvalue weighted by molar-refractivity contribution is 5.85. The minimum atomic E-state index is 0.588. The molecular weight excluding hydrogens is 174 g/mol. The van der Waals surface area contributed by atoms with E-state index in [2.05, 4.69) is 31.1 Å². The topological polar surface area (TPSA) is 43.8 Å². The van der Waals surface area contributed by atoms with E-state index in [-0.39, 0.29) is 0 Å². The van der Waals surface area contributed by atoms with Crippen molar-refractivity contribution in [3.05, 3.63) is 29.0 Å². The Labute approximate surface area is 83.5 Å². The van der Waals surface area contributed by atoms with E-state index in [1.165, 1.54) is 22.2 Å². The standard InChI is InChI=1S/C11H15N3/c1-7-4-9(6-12)5-10-8(2)14(3)13-11(7)10/h4-5H,6,12H2,1-3H3. The Kier molecular flexibility index (Phi) is 2.04. The van der Waals surface area contributed by atoms with Crippen LogP contribution in [0.2, 0.25) is 0 Å². The third-order valence-corrected chi connectivity index (χ3v) is 2.72. The summed E-state index contributed by atoms with van der Waals surface area (Å²) in [6.07, 6.45) is 0. The monoisotopic (exact) mass is 189 g/mol. The summed E-state index contributed by atoms with van der Waals surface area (Å²) in [7, 11) is 1.97. The third-order valence-electron chi connectivity index (χ3n) is 2.72. The Balaban J connectivity index is 2.83. The molecule has 2 aromatic rings. The first-order chi connectivity index (χ1) is 6.63. The first kappa shape index (κ1) is 9.21. The molecule has 0 bridgehead atoms. The van der Waals surface area contributed by atoms with Gasteiger partial charge in [-0.25, -0.2) is 0 Å². The van der Waals surface area contributed by atoms with Crippen LogP contribution in [0.5, 0.6) is 0 Å². The highest BCUT2D eigenvalue weighted by Gasteiger charge is 2.07. The highest BCUT2D eigenvalue weighted by Crippen LogP contribution is 2.22. The molecule has 1 aromatic carbocycles. The minimum Gasteiger partial charge on any atom is -0.326 e. The van der Waals surface area contributed by atoms with Gasteiger partial charge in [0.15, 0.2) is 0 Å². The molecule has 0 aliphatic rings. The SMILES string of the molecule is Cc1cc(CN)cc2c(C)n(C)nc12. The lowest BCUT2D eigenvalue weighted by molar-refractivity contribution is 0.750. The predicted octanol–water partition coefficient (Wildman–Crippen LogP) is 1.65. The second kappa shape index (κ2) is 3.10. The Morgan fingerprint density at radius 3 is 2.71 bits per heavy atom. The van der Waals surface area contributed by atoms with E-state index in [0.717, 1.165) is 5.52 Å². The molecule has 0 spiro atoms. The fourth-order valence-corrected chi connectivity index (χ4v) is 1.78. The quantitative estimate of drug-likeness (QED) is 0.741. The molecule has 0 unspecified atom stereocenters. The molecule has 3 heteroatoms. The first-order valence-corrected chi connectivity index (χ1v) is 4.76. The van der Waals surface area contributed by atoms with E-state index in [4.69, 9.17) is 5.73 Å². The van der Waals surface area contributed by atoms with Crippen molar-refractivity contribution < 1.29 is 0 Å². The molecule has 1 aromatic heterocycles. The molecular formula is C11H15N3. The Hall–Kier alpha value is -1.35. The minimum absolute atomic E-state index is 0.588. The van der Waals surface area contributed by atoms with Crippen molar-refractivity contribution in [1.29, 1.82) is 0 Å². The van der Waals surface area contributed by atoms with Crippen molar-refractivity contribution in [2.75, 3.05) is 0 Å². The second-order valence-electron chi connectivity index (χ2n) is 3.72. The molecule has 0 aliphatic heterocycles. The number of hydrogen-bond donors (Lipinski definition) is 1. The van der Waals surface area contributed by atoms with Crippen LogP contribution < -0.4 is 5.73 Å². The molecule has 3 nitrogen and oxygen atoms in total. The average Bonchev–Trinajstić information content (AvgIpc) is 2.45. The van der Waals surface area contributed by atoms with Crippen LogP contribution in [0.25, 0.3) is 10.9 Å². The molecule has 0 saturated carbocycles. The summed E-state index contributed by atoms with van der Waals surface area (Å²) in [5.74, 6) is 0. The summed E-state index contributed by atoms with van der Waals surface area (Å²) >= 11 is 0. The number of nitrogens with two attached hydrogens (primary N) is 1. The highest BCUT2D eigenvalue weighted by atomic mass is 15.3. The lowest BCUT2D eigenvalue weighted by atomic mass is 10.1. The molecule has 0 atom stereocenters. The van der Waals surface area contributed by atoms with Gasteiger partial charge in [-0.1, -0.05) is 6.07 Å². The fraction of sp³-hybridized carbons (Fsp3) is 0.364. The Morgan fingerprint density at radius 2 is 2.07 bits per heavy atom. The zero-order valence-electron chi connectivity index (χ0n) is 8.83. The number of hydrogen-bond acceptors (Lipinski definition) is 2. The molecule has 2 N–H and O–H groups in total. The van der Waals surface area contributed by atoms with Gasteiger partial charge in [0.05, 0.1) is 5.52 Å². The molecule has 1 heterocycles. The van der Waals surface area contributed by atoms with Crippen LogP contribution in [0, 0.1) is 13.8 Å². The van der Waals surface area contributed by atoms with E-state index in [9.17, 15) is 0 Å². The van der Waals surface area contributed by atoms with Crippen LogP contribution in [0.4, 0.5) is 0 Å². The molecule has 0 aliphatic carbocycles. The van der Waals surface area contributed by atoms with Gasteiger partial charge in [-0.3, -0.25) is 4.68 Å². The number of aryl methyl sites for hydroxylation is 3. The molecule has 0 saturated heterocycles. The lowest BCUT2D eigenvalue weighted by Gasteiger charge is -2.00. The zero-order valence-corrected chi connectivity index (χ0v) is 8.83. The number of nitrogens with zero attached hydrogens (tertiary/aromatic N) is 2. The van der Waals surface area contributed by atoms with Gasteiger partial charge in [0.1, 0.15) is 0 Å². The maximum absolute atomic E-state index is 5.64. The maximum Gasteiger partial charge on any atom is 0.0955 e. The Bertz CT molecular complexity index is 483.